The van der Waals surface area contributed by atoms with E-state index in [0.29, 0.717) is 18.4 Å². The molecule has 2 aliphatic rings. The van der Waals surface area contributed by atoms with E-state index in [4.69, 9.17) is 10.00 Å². The molecule has 0 aromatic carbocycles. The van der Waals surface area contributed by atoms with Crippen molar-refractivity contribution >= 4 is 0 Å². The normalized spacial score (nSPS) is 28.8. The largest absolute Gasteiger partial charge is 0.378 e. The second-order valence-electron chi connectivity index (χ2n) is 9.31. The fourth-order valence-corrected chi connectivity index (χ4v) is 5.07. The lowest BCUT2D eigenvalue weighted by Crippen LogP contribution is -2.26. The molecule has 0 radical (unpaired) electrons. The van der Waals surface area contributed by atoms with Crippen LogP contribution in [-0.4, -0.2) is 12.7 Å². The first-order chi connectivity index (χ1) is 13.7. The number of nitriles is 1. The van der Waals surface area contributed by atoms with E-state index >= 15 is 0 Å². The van der Waals surface area contributed by atoms with Crippen LogP contribution in [0.4, 0.5) is 4.39 Å². The van der Waals surface area contributed by atoms with E-state index in [1.807, 2.05) is 0 Å². The maximum Gasteiger partial charge on any atom is 0.196 e. The second kappa shape index (κ2) is 14.2. The minimum Gasteiger partial charge on any atom is -0.378 e. The highest BCUT2D eigenvalue weighted by atomic mass is 19.1. The van der Waals surface area contributed by atoms with E-state index in [0.717, 1.165) is 37.7 Å². The van der Waals surface area contributed by atoms with Crippen molar-refractivity contribution in [3.63, 3.8) is 0 Å². The highest BCUT2D eigenvalue weighted by Crippen LogP contribution is 2.34. The fourth-order valence-electron chi connectivity index (χ4n) is 5.07. The van der Waals surface area contributed by atoms with Crippen LogP contribution in [0.3, 0.4) is 0 Å². The Hall–Kier alpha value is -0.880. The fraction of sp³-hybridized carbons (Fsp3) is 0.880. The number of allylic oxidation sites excluding steroid dienone is 2. The lowest BCUT2D eigenvalue weighted by atomic mass is 9.80. The molecule has 0 spiro atoms. The zero-order valence-electron chi connectivity index (χ0n) is 18.1. The molecule has 2 fully saturated rings. The van der Waals surface area contributed by atoms with Gasteiger partial charge in [-0.2, -0.15) is 9.65 Å². The summed E-state index contributed by atoms with van der Waals surface area (Å²) in [6.45, 7) is 3.25. The van der Waals surface area contributed by atoms with Crippen LogP contribution in [-0.2, 0) is 4.74 Å². The molecule has 0 aliphatic heterocycles. The first-order valence-electron chi connectivity index (χ1n) is 12.1. The summed E-state index contributed by atoms with van der Waals surface area (Å²) in [6, 6.07) is 1.55. The van der Waals surface area contributed by atoms with Crippen LogP contribution in [0.15, 0.2) is 11.9 Å². The average molecular weight is 392 g/mol. The summed E-state index contributed by atoms with van der Waals surface area (Å²) in [4.78, 5) is 0. The van der Waals surface area contributed by atoms with Gasteiger partial charge in [-0.05, 0) is 75.2 Å². The van der Waals surface area contributed by atoms with Gasteiger partial charge in [-0.1, -0.05) is 58.3 Å². The highest BCUT2D eigenvalue weighted by Gasteiger charge is 2.25. The van der Waals surface area contributed by atoms with Gasteiger partial charge in [0.25, 0.3) is 0 Å². The van der Waals surface area contributed by atoms with E-state index < -0.39 is 5.83 Å². The third-order valence-electron chi connectivity index (χ3n) is 7.05. The van der Waals surface area contributed by atoms with E-state index in [9.17, 15) is 4.39 Å². The van der Waals surface area contributed by atoms with Crippen LogP contribution in [0.25, 0.3) is 0 Å². The van der Waals surface area contributed by atoms with Crippen molar-refractivity contribution in [3.05, 3.63) is 11.9 Å². The quantitative estimate of drug-likeness (QED) is 0.250. The van der Waals surface area contributed by atoms with Gasteiger partial charge in [-0.25, -0.2) is 0 Å². The lowest BCUT2D eigenvalue weighted by molar-refractivity contribution is -0.0102. The molecule has 2 rings (SSSR count). The average Bonchev–Trinajstić information content (AvgIpc) is 2.73. The Morgan fingerprint density at radius 1 is 0.893 bits per heavy atom. The zero-order valence-corrected chi connectivity index (χ0v) is 18.1. The van der Waals surface area contributed by atoms with Gasteiger partial charge >= 0.3 is 0 Å². The van der Waals surface area contributed by atoms with Gasteiger partial charge in [-0.3, -0.25) is 0 Å². The molecule has 0 aromatic rings. The SMILES string of the molecule is CCCCCCC[C@H]1CC[C@H](CO[C@H]2CC[C@H](CCC=C(F)C#N)CC2)CC1. The number of hydrogen-bond donors (Lipinski definition) is 0. The molecule has 2 aliphatic carbocycles. The molecule has 2 saturated carbocycles. The molecule has 0 unspecified atom stereocenters. The maximum atomic E-state index is 12.8. The zero-order chi connectivity index (χ0) is 20.0. The van der Waals surface area contributed by atoms with Crippen molar-refractivity contribution in [2.75, 3.05) is 6.61 Å². The summed E-state index contributed by atoms with van der Waals surface area (Å²) >= 11 is 0. The number of nitrogens with zero attached hydrogens (tertiary/aromatic N) is 1. The summed E-state index contributed by atoms with van der Waals surface area (Å²) in [7, 11) is 0. The molecule has 160 valence electrons. The van der Waals surface area contributed by atoms with Gasteiger partial charge in [0.1, 0.15) is 6.07 Å². The van der Waals surface area contributed by atoms with E-state index in [-0.39, 0.29) is 0 Å². The van der Waals surface area contributed by atoms with Crippen LogP contribution in [0.5, 0.6) is 0 Å². The van der Waals surface area contributed by atoms with Gasteiger partial charge in [-0.15, -0.1) is 0 Å². The van der Waals surface area contributed by atoms with Crippen LogP contribution in [0, 0.1) is 29.1 Å². The van der Waals surface area contributed by atoms with Crippen LogP contribution in [0.1, 0.15) is 110 Å². The summed E-state index contributed by atoms with van der Waals surface area (Å²) < 4.78 is 19.1. The van der Waals surface area contributed by atoms with Gasteiger partial charge in [0.05, 0.1) is 6.10 Å². The van der Waals surface area contributed by atoms with Gasteiger partial charge in [0.15, 0.2) is 5.83 Å². The Kier molecular flexibility index (Phi) is 11.8. The predicted molar refractivity (Wildman–Crippen MR) is 115 cm³/mol. The van der Waals surface area contributed by atoms with Crippen molar-refractivity contribution < 1.29 is 9.13 Å². The van der Waals surface area contributed by atoms with Crippen molar-refractivity contribution in [2.45, 2.75) is 116 Å². The summed E-state index contributed by atoms with van der Waals surface area (Å²) in [5, 5.41) is 8.44. The Balaban J connectivity index is 1.49. The molecule has 0 N–H and O–H groups in total. The first kappa shape index (κ1) is 23.4. The van der Waals surface area contributed by atoms with Crippen molar-refractivity contribution in [1.29, 1.82) is 5.26 Å². The van der Waals surface area contributed by atoms with Crippen molar-refractivity contribution in [1.82, 2.24) is 0 Å². The Morgan fingerprint density at radius 2 is 1.50 bits per heavy atom. The van der Waals surface area contributed by atoms with Gasteiger partial charge < -0.3 is 4.74 Å². The Bertz CT molecular complexity index is 467. The minimum atomic E-state index is -0.636. The molecule has 0 saturated heterocycles. The van der Waals surface area contributed by atoms with Gasteiger partial charge in [0.2, 0.25) is 0 Å². The van der Waals surface area contributed by atoms with Crippen LogP contribution in [0.2, 0.25) is 0 Å². The minimum absolute atomic E-state index is 0.443. The third-order valence-corrected chi connectivity index (χ3v) is 7.05. The van der Waals surface area contributed by atoms with Crippen molar-refractivity contribution in [2.24, 2.45) is 17.8 Å². The summed E-state index contributed by atoms with van der Waals surface area (Å²) in [5.74, 6) is 1.81. The maximum absolute atomic E-state index is 12.8. The van der Waals surface area contributed by atoms with Crippen molar-refractivity contribution in [3.8, 4) is 6.07 Å². The predicted octanol–water partition coefficient (Wildman–Crippen LogP) is 7.89. The monoisotopic (exact) mass is 391 g/mol. The molecular weight excluding hydrogens is 349 g/mol. The number of rotatable bonds is 12. The standard InChI is InChI=1S/C25H42FNO/c1-2-3-4-5-6-8-21-11-13-23(14-12-21)20-28-25-17-15-22(16-18-25)9-7-10-24(26)19-27/h10,21-23,25H,2-9,11-18,20H2,1H3/t21-,22-,23-,25-. The van der Waals surface area contributed by atoms with E-state index in [1.165, 1.54) is 83.1 Å². The van der Waals surface area contributed by atoms with Crippen LogP contribution >= 0.6 is 0 Å². The third kappa shape index (κ3) is 9.55. The second-order valence-corrected chi connectivity index (χ2v) is 9.31. The van der Waals surface area contributed by atoms with E-state index in [2.05, 4.69) is 6.92 Å². The summed E-state index contributed by atoms with van der Waals surface area (Å²) in [6.07, 6.45) is 22.3. The number of hydrogen-bond acceptors (Lipinski definition) is 2. The Labute approximate surface area is 172 Å². The topological polar surface area (TPSA) is 33.0 Å². The molecular formula is C25H42FNO. The molecule has 0 bridgehead atoms. The molecule has 2 nitrogen and oxygen atoms in total. The van der Waals surface area contributed by atoms with E-state index in [1.54, 1.807) is 6.07 Å². The smallest absolute Gasteiger partial charge is 0.196 e. The molecule has 0 aromatic heterocycles. The number of halogens is 1. The summed E-state index contributed by atoms with van der Waals surface area (Å²) in [5.41, 5.74) is 0. The molecule has 0 atom stereocenters. The van der Waals surface area contributed by atoms with Gasteiger partial charge in [0, 0.05) is 6.61 Å². The van der Waals surface area contributed by atoms with Crippen LogP contribution < -0.4 is 0 Å². The number of unbranched alkanes of at least 4 members (excludes halogenated alkanes) is 4. The highest BCUT2D eigenvalue weighted by molar-refractivity contribution is 5.11. The molecule has 0 heterocycles. The molecule has 28 heavy (non-hydrogen) atoms. The first-order valence-corrected chi connectivity index (χ1v) is 12.1. The molecule has 0 amide bonds. The number of ether oxygens (including phenoxy) is 1. The lowest BCUT2D eigenvalue weighted by Gasteiger charge is -2.32. The molecule has 3 heteroatoms. The Morgan fingerprint density at radius 3 is 2.18 bits per heavy atom.